The lowest BCUT2D eigenvalue weighted by molar-refractivity contribution is 0.961. The Hall–Kier alpha value is -1.94. The van der Waals surface area contributed by atoms with E-state index in [1.165, 1.54) is 10.5 Å². The number of aromatic nitrogens is 2. The zero-order valence-electron chi connectivity index (χ0n) is 10.7. The second-order valence-corrected chi connectivity index (χ2v) is 5.17. The number of pyridine rings is 1. The zero-order valence-corrected chi connectivity index (χ0v) is 11.5. The summed E-state index contributed by atoms with van der Waals surface area (Å²) in [5, 5.41) is 7.78. The number of rotatable bonds is 4. The fourth-order valence-corrected chi connectivity index (χ4v) is 2.51. The van der Waals surface area contributed by atoms with Crippen LogP contribution in [0.3, 0.4) is 0 Å². The standard InChI is InChI=1S/C15H15N3S/c1-19-14-6-4-5-13(9-14)16-10-12-11-17-18-8-3-2-7-15(12)18/h2-9,11,16H,10H2,1H3. The maximum absolute atomic E-state index is 4.34. The second-order valence-electron chi connectivity index (χ2n) is 4.29. The second kappa shape index (κ2) is 5.36. The number of nitrogens with zero attached hydrogens (tertiary/aromatic N) is 2. The molecule has 0 fully saturated rings. The van der Waals surface area contributed by atoms with E-state index in [1.54, 1.807) is 11.8 Å². The van der Waals surface area contributed by atoms with E-state index in [1.807, 2.05) is 29.0 Å². The van der Waals surface area contributed by atoms with Crippen LogP contribution in [0.4, 0.5) is 5.69 Å². The summed E-state index contributed by atoms with van der Waals surface area (Å²) in [6.45, 7) is 0.783. The van der Waals surface area contributed by atoms with E-state index in [0.717, 1.165) is 17.7 Å². The van der Waals surface area contributed by atoms with E-state index in [4.69, 9.17) is 0 Å². The van der Waals surface area contributed by atoms with E-state index in [9.17, 15) is 0 Å². The van der Waals surface area contributed by atoms with Crippen molar-refractivity contribution < 1.29 is 0 Å². The van der Waals surface area contributed by atoms with Crippen molar-refractivity contribution in [2.75, 3.05) is 11.6 Å². The predicted molar refractivity (Wildman–Crippen MR) is 80.7 cm³/mol. The molecule has 0 aliphatic heterocycles. The van der Waals surface area contributed by atoms with Crippen molar-refractivity contribution in [1.29, 1.82) is 0 Å². The lowest BCUT2D eigenvalue weighted by Gasteiger charge is -2.06. The third kappa shape index (κ3) is 2.58. The number of anilines is 1. The molecule has 2 aromatic heterocycles. The van der Waals surface area contributed by atoms with Gasteiger partial charge in [0.05, 0.1) is 11.7 Å². The van der Waals surface area contributed by atoms with Crippen molar-refractivity contribution in [2.24, 2.45) is 0 Å². The Labute approximate surface area is 116 Å². The number of thioether (sulfide) groups is 1. The van der Waals surface area contributed by atoms with Gasteiger partial charge in [0.25, 0.3) is 0 Å². The van der Waals surface area contributed by atoms with Gasteiger partial charge in [-0.2, -0.15) is 5.10 Å². The van der Waals surface area contributed by atoms with E-state index in [-0.39, 0.29) is 0 Å². The quantitative estimate of drug-likeness (QED) is 0.733. The lowest BCUT2D eigenvalue weighted by atomic mass is 10.2. The first kappa shape index (κ1) is 12.1. The van der Waals surface area contributed by atoms with E-state index in [0.29, 0.717) is 0 Å². The van der Waals surface area contributed by atoms with Crippen molar-refractivity contribution >= 4 is 23.0 Å². The molecule has 0 aliphatic carbocycles. The van der Waals surface area contributed by atoms with Crippen molar-refractivity contribution in [3.05, 3.63) is 60.4 Å². The average Bonchev–Trinajstić information content (AvgIpc) is 2.89. The van der Waals surface area contributed by atoms with Crippen molar-refractivity contribution in [3.63, 3.8) is 0 Å². The fourth-order valence-electron chi connectivity index (χ4n) is 2.05. The van der Waals surface area contributed by atoms with E-state index >= 15 is 0 Å². The van der Waals surface area contributed by atoms with Gasteiger partial charge >= 0.3 is 0 Å². The highest BCUT2D eigenvalue weighted by Crippen LogP contribution is 2.20. The molecule has 0 saturated heterocycles. The molecule has 0 bridgehead atoms. The highest BCUT2D eigenvalue weighted by atomic mass is 32.2. The van der Waals surface area contributed by atoms with Crippen molar-refractivity contribution in [3.8, 4) is 0 Å². The summed E-state index contributed by atoms with van der Waals surface area (Å²) in [5.41, 5.74) is 3.49. The molecule has 0 aliphatic rings. The minimum absolute atomic E-state index is 0.783. The van der Waals surface area contributed by atoms with Gasteiger partial charge in [-0.05, 0) is 36.6 Å². The molecule has 1 N–H and O–H groups in total. The molecule has 0 saturated carbocycles. The van der Waals surface area contributed by atoms with Crippen LogP contribution < -0.4 is 5.32 Å². The SMILES string of the molecule is CSc1cccc(NCc2cnn3ccccc23)c1. The Balaban J connectivity index is 1.78. The smallest absolute Gasteiger partial charge is 0.0711 e. The van der Waals surface area contributed by atoms with Gasteiger partial charge < -0.3 is 5.32 Å². The van der Waals surface area contributed by atoms with Crippen molar-refractivity contribution in [1.82, 2.24) is 9.61 Å². The van der Waals surface area contributed by atoms with E-state index in [2.05, 4.69) is 47.0 Å². The van der Waals surface area contributed by atoms with Crippen LogP contribution in [0, 0.1) is 0 Å². The Morgan fingerprint density at radius 2 is 2.16 bits per heavy atom. The molecule has 0 unspecified atom stereocenters. The number of hydrogen-bond donors (Lipinski definition) is 1. The first-order chi connectivity index (χ1) is 9.36. The third-order valence-electron chi connectivity index (χ3n) is 3.06. The predicted octanol–water partition coefficient (Wildman–Crippen LogP) is 3.67. The monoisotopic (exact) mass is 269 g/mol. The maximum Gasteiger partial charge on any atom is 0.0711 e. The van der Waals surface area contributed by atoms with Gasteiger partial charge in [0.15, 0.2) is 0 Å². The molecule has 0 amide bonds. The normalized spacial score (nSPS) is 10.8. The summed E-state index contributed by atoms with van der Waals surface area (Å²) in [6, 6.07) is 14.5. The minimum Gasteiger partial charge on any atom is -0.381 e. The molecule has 3 rings (SSSR count). The molecule has 2 heterocycles. The Kier molecular flexibility index (Phi) is 3.42. The summed E-state index contributed by atoms with van der Waals surface area (Å²) in [5.74, 6) is 0. The number of benzene rings is 1. The Bertz CT molecular complexity index is 690. The van der Waals surface area contributed by atoms with Crippen molar-refractivity contribution in [2.45, 2.75) is 11.4 Å². The molecule has 1 aromatic carbocycles. The van der Waals surface area contributed by atoms with Gasteiger partial charge in [-0.3, -0.25) is 0 Å². The van der Waals surface area contributed by atoms with Gasteiger partial charge in [-0.25, -0.2) is 4.52 Å². The molecule has 96 valence electrons. The van der Waals surface area contributed by atoms with Crippen LogP contribution >= 0.6 is 11.8 Å². The van der Waals surface area contributed by atoms with Gasteiger partial charge in [0, 0.05) is 28.9 Å². The molecule has 4 heteroatoms. The molecule has 0 spiro atoms. The Morgan fingerprint density at radius 1 is 1.21 bits per heavy atom. The summed E-state index contributed by atoms with van der Waals surface area (Å²) in [4.78, 5) is 1.27. The molecule has 19 heavy (non-hydrogen) atoms. The lowest BCUT2D eigenvalue weighted by Crippen LogP contribution is -1.98. The van der Waals surface area contributed by atoms with Crippen LogP contribution in [0.1, 0.15) is 5.56 Å². The molecule has 0 radical (unpaired) electrons. The molecular weight excluding hydrogens is 254 g/mol. The molecule has 3 nitrogen and oxygen atoms in total. The summed E-state index contributed by atoms with van der Waals surface area (Å²) in [6.07, 6.45) is 5.97. The van der Waals surface area contributed by atoms with Gasteiger partial charge in [0.2, 0.25) is 0 Å². The molecule has 0 atom stereocenters. The van der Waals surface area contributed by atoms with Crippen LogP contribution in [0.25, 0.3) is 5.52 Å². The Morgan fingerprint density at radius 3 is 3.05 bits per heavy atom. The summed E-state index contributed by atoms with van der Waals surface area (Å²) < 4.78 is 1.90. The third-order valence-corrected chi connectivity index (χ3v) is 3.78. The van der Waals surface area contributed by atoms with Gasteiger partial charge in [0.1, 0.15) is 0 Å². The zero-order chi connectivity index (χ0) is 13.1. The van der Waals surface area contributed by atoms with Crippen LogP contribution in [0.5, 0.6) is 0 Å². The topological polar surface area (TPSA) is 29.3 Å². The summed E-state index contributed by atoms with van der Waals surface area (Å²) >= 11 is 1.75. The van der Waals surface area contributed by atoms with E-state index < -0.39 is 0 Å². The first-order valence-corrected chi connectivity index (χ1v) is 7.38. The van der Waals surface area contributed by atoms with Crippen LogP contribution in [-0.2, 0) is 6.54 Å². The van der Waals surface area contributed by atoms with Crippen LogP contribution in [-0.4, -0.2) is 15.9 Å². The van der Waals surface area contributed by atoms with Gasteiger partial charge in [-0.1, -0.05) is 12.1 Å². The first-order valence-electron chi connectivity index (χ1n) is 6.16. The number of fused-ring (bicyclic) bond motifs is 1. The highest BCUT2D eigenvalue weighted by Gasteiger charge is 2.02. The average molecular weight is 269 g/mol. The maximum atomic E-state index is 4.34. The summed E-state index contributed by atoms with van der Waals surface area (Å²) in [7, 11) is 0. The van der Waals surface area contributed by atoms with Crippen LogP contribution in [0.15, 0.2) is 59.8 Å². The largest absolute Gasteiger partial charge is 0.381 e. The highest BCUT2D eigenvalue weighted by molar-refractivity contribution is 7.98. The molecular formula is C15H15N3S. The fraction of sp³-hybridized carbons (Fsp3) is 0.133. The molecule has 3 aromatic rings. The van der Waals surface area contributed by atoms with Crippen LogP contribution in [0.2, 0.25) is 0 Å². The number of hydrogen-bond acceptors (Lipinski definition) is 3. The van der Waals surface area contributed by atoms with Gasteiger partial charge in [-0.15, -0.1) is 11.8 Å². The minimum atomic E-state index is 0.783. The number of nitrogens with one attached hydrogen (secondary N) is 1.